The maximum Gasteiger partial charge on any atom is 0.308 e. The quantitative estimate of drug-likeness (QED) is 0.252. The van der Waals surface area contributed by atoms with Gasteiger partial charge in [-0.25, -0.2) is 0 Å². The highest BCUT2D eigenvalue weighted by Gasteiger charge is 2.59. The van der Waals surface area contributed by atoms with Crippen molar-refractivity contribution in [1.29, 1.82) is 0 Å². The lowest BCUT2D eigenvalue weighted by molar-refractivity contribution is -0.140. The summed E-state index contributed by atoms with van der Waals surface area (Å²) in [6.45, 7) is 5.30. The van der Waals surface area contributed by atoms with E-state index in [-0.39, 0.29) is 41.5 Å². The number of benzene rings is 1. The summed E-state index contributed by atoms with van der Waals surface area (Å²) < 4.78 is 7.14. The van der Waals surface area contributed by atoms with Crippen LogP contribution in [0.15, 0.2) is 47.6 Å². The monoisotopic (exact) mass is 417 g/mol. The van der Waals surface area contributed by atoms with Gasteiger partial charge in [0.05, 0.1) is 18.1 Å². The minimum Gasteiger partial charge on any atom is -0.427 e. The van der Waals surface area contributed by atoms with Crippen LogP contribution in [0.5, 0.6) is 5.75 Å². The van der Waals surface area contributed by atoms with Gasteiger partial charge in [0, 0.05) is 29.6 Å². The zero-order valence-electron chi connectivity index (χ0n) is 17.6. The Kier molecular flexibility index (Phi) is 4.43. The maximum atomic E-state index is 12.8. The second-order valence-corrected chi connectivity index (χ2v) is 8.48. The number of hydrogen-bond acceptors (Lipinski definition) is 5. The Bertz CT molecular complexity index is 1130. The van der Waals surface area contributed by atoms with Gasteiger partial charge in [-0.1, -0.05) is 12.2 Å². The van der Waals surface area contributed by atoms with Crippen LogP contribution in [0.25, 0.3) is 5.69 Å². The molecule has 1 aliphatic heterocycles. The summed E-state index contributed by atoms with van der Waals surface area (Å²) in [6, 6.07) is 9.20. The van der Waals surface area contributed by atoms with Crippen molar-refractivity contribution in [3.05, 3.63) is 59.4 Å². The first-order chi connectivity index (χ1) is 14.8. The Morgan fingerprint density at radius 3 is 2.26 bits per heavy atom. The Morgan fingerprint density at radius 1 is 1.06 bits per heavy atom. The van der Waals surface area contributed by atoms with Crippen molar-refractivity contribution >= 4 is 24.0 Å². The standard InChI is InChI=1S/C24H23N3O4/c1-13-10-18(14(2)26(13)19-6-8-20(9-7-19)31-15(3)28)12-25-27-23(29)21-16-4-5-17(11-16)22(21)24(27)30/h4-10,12,16-17,21-22H,11H2,1-3H3. The molecule has 2 heterocycles. The molecule has 31 heavy (non-hydrogen) atoms. The Morgan fingerprint density at radius 2 is 1.68 bits per heavy atom. The normalized spacial score (nSPS) is 26.4. The van der Waals surface area contributed by atoms with Gasteiger partial charge < -0.3 is 9.30 Å². The molecule has 2 fully saturated rings. The number of amides is 2. The van der Waals surface area contributed by atoms with E-state index >= 15 is 0 Å². The van der Waals surface area contributed by atoms with Gasteiger partial charge in [-0.3, -0.25) is 14.4 Å². The van der Waals surface area contributed by atoms with E-state index in [1.807, 2.05) is 36.6 Å². The van der Waals surface area contributed by atoms with E-state index < -0.39 is 0 Å². The number of carbonyl (C=O) groups excluding carboxylic acids is 3. The molecule has 1 aromatic heterocycles. The van der Waals surface area contributed by atoms with E-state index in [0.717, 1.165) is 34.1 Å². The lowest BCUT2D eigenvalue weighted by Crippen LogP contribution is -2.28. The fourth-order valence-electron chi connectivity index (χ4n) is 5.27. The molecule has 2 amide bonds. The molecule has 2 aliphatic carbocycles. The third-order valence-electron chi connectivity index (χ3n) is 6.59. The Hall–Kier alpha value is -3.48. The second-order valence-electron chi connectivity index (χ2n) is 8.48. The van der Waals surface area contributed by atoms with Gasteiger partial charge in [0.2, 0.25) is 0 Å². The van der Waals surface area contributed by atoms with E-state index in [4.69, 9.17) is 4.74 Å². The van der Waals surface area contributed by atoms with Crippen LogP contribution in [0, 0.1) is 37.5 Å². The number of esters is 1. The van der Waals surface area contributed by atoms with Crippen LogP contribution in [0.4, 0.5) is 0 Å². The number of hydrazone groups is 1. The molecule has 1 aromatic carbocycles. The molecule has 5 rings (SSSR count). The number of carbonyl (C=O) groups is 3. The first kappa shape index (κ1) is 19.5. The summed E-state index contributed by atoms with van der Waals surface area (Å²) in [6.07, 6.45) is 6.65. The zero-order valence-corrected chi connectivity index (χ0v) is 17.6. The minimum absolute atomic E-state index is 0.173. The van der Waals surface area contributed by atoms with Crippen LogP contribution in [0.3, 0.4) is 0 Å². The van der Waals surface area contributed by atoms with E-state index in [1.54, 1.807) is 18.3 Å². The Labute approximate surface area is 180 Å². The maximum absolute atomic E-state index is 12.8. The summed E-state index contributed by atoms with van der Waals surface area (Å²) >= 11 is 0. The van der Waals surface area contributed by atoms with Crippen LogP contribution in [0.2, 0.25) is 0 Å². The van der Waals surface area contributed by atoms with Crippen molar-refractivity contribution in [3.8, 4) is 11.4 Å². The molecule has 3 aliphatic rings. The smallest absolute Gasteiger partial charge is 0.308 e. The number of aryl methyl sites for hydroxylation is 1. The van der Waals surface area contributed by atoms with Crippen molar-refractivity contribution in [3.63, 3.8) is 0 Å². The third kappa shape index (κ3) is 3.03. The van der Waals surface area contributed by atoms with Crippen molar-refractivity contribution in [2.24, 2.45) is 28.8 Å². The zero-order chi connectivity index (χ0) is 21.9. The highest BCUT2D eigenvalue weighted by Crippen LogP contribution is 2.52. The molecule has 4 unspecified atom stereocenters. The molecule has 158 valence electrons. The van der Waals surface area contributed by atoms with Gasteiger partial charge in [-0.05, 0) is 62.4 Å². The van der Waals surface area contributed by atoms with E-state index in [1.165, 1.54) is 6.92 Å². The molecule has 0 radical (unpaired) electrons. The Balaban J connectivity index is 1.39. The van der Waals surface area contributed by atoms with Crippen LogP contribution in [0.1, 0.15) is 30.3 Å². The highest BCUT2D eigenvalue weighted by molar-refractivity contribution is 6.06. The minimum atomic E-state index is -0.362. The predicted molar refractivity (Wildman–Crippen MR) is 114 cm³/mol. The van der Waals surface area contributed by atoms with Gasteiger partial charge in [0.25, 0.3) is 11.8 Å². The number of ether oxygens (including phenoxy) is 1. The molecule has 7 heteroatoms. The van der Waals surface area contributed by atoms with E-state index in [0.29, 0.717) is 5.75 Å². The van der Waals surface area contributed by atoms with Crippen LogP contribution < -0.4 is 4.74 Å². The molecule has 2 bridgehead atoms. The summed E-state index contributed by atoms with van der Waals surface area (Å²) in [7, 11) is 0. The molecule has 2 aromatic rings. The average Bonchev–Trinajstić information content (AvgIpc) is 3.46. The lowest BCUT2D eigenvalue weighted by Gasteiger charge is -2.13. The molecule has 1 saturated heterocycles. The van der Waals surface area contributed by atoms with Crippen molar-refractivity contribution in [2.75, 3.05) is 0 Å². The number of aromatic nitrogens is 1. The fourth-order valence-corrected chi connectivity index (χ4v) is 5.27. The number of imide groups is 1. The average molecular weight is 417 g/mol. The summed E-state index contributed by atoms with van der Waals surface area (Å²) in [4.78, 5) is 36.7. The van der Waals surface area contributed by atoms with Crippen molar-refractivity contribution in [1.82, 2.24) is 9.58 Å². The molecule has 0 N–H and O–H groups in total. The summed E-state index contributed by atoms with van der Waals surface area (Å²) in [5.41, 5.74) is 3.66. The van der Waals surface area contributed by atoms with E-state index in [2.05, 4.69) is 17.3 Å². The molecule has 7 nitrogen and oxygen atoms in total. The molecule has 1 saturated carbocycles. The SMILES string of the molecule is CC(=O)Oc1ccc(-n2c(C)cc(C=NN3C(=O)C4C5C=CC(C5)C4C3=O)c2C)cc1. The molecular weight excluding hydrogens is 394 g/mol. The lowest BCUT2D eigenvalue weighted by atomic mass is 9.85. The number of allylic oxidation sites excluding steroid dienone is 2. The fraction of sp³-hybridized carbons (Fsp3) is 0.333. The van der Waals surface area contributed by atoms with Crippen LogP contribution in [-0.4, -0.2) is 33.6 Å². The van der Waals surface area contributed by atoms with Crippen molar-refractivity contribution < 1.29 is 19.1 Å². The van der Waals surface area contributed by atoms with Crippen LogP contribution in [-0.2, 0) is 14.4 Å². The first-order valence-corrected chi connectivity index (χ1v) is 10.4. The molecule has 0 spiro atoms. The summed E-state index contributed by atoms with van der Waals surface area (Å²) in [5, 5.41) is 5.37. The van der Waals surface area contributed by atoms with Gasteiger partial charge >= 0.3 is 5.97 Å². The van der Waals surface area contributed by atoms with Gasteiger partial charge in [-0.2, -0.15) is 10.1 Å². The molecule has 4 atom stereocenters. The third-order valence-corrected chi connectivity index (χ3v) is 6.59. The predicted octanol–water partition coefficient (Wildman–Crippen LogP) is 3.16. The second kappa shape index (κ2) is 7.04. The van der Waals surface area contributed by atoms with Gasteiger partial charge in [0.1, 0.15) is 5.75 Å². The number of fused-ring (bicyclic) bond motifs is 5. The van der Waals surface area contributed by atoms with Gasteiger partial charge in [0.15, 0.2) is 0 Å². The molecular formula is C24H23N3O4. The number of rotatable bonds is 4. The number of nitrogens with zero attached hydrogens (tertiary/aromatic N) is 3. The van der Waals surface area contributed by atoms with Crippen molar-refractivity contribution in [2.45, 2.75) is 27.2 Å². The topological polar surface area (TPSA) is 81.0 Å². The van der Waals surface area contributed by atoms with Crippen LogP contribution >= 0.6 is 0 Å². The summed E-state index contributed by atoms with van der Waals surface area (Å²) in [5.74, 6) is -0.390. The van der Waals surface area contributed by atoms with E-state index in [9.17, 15) is 14.4 Å². The largest absolute Gasteiger partial charge is 0.427 e. The first-order valence-electron chi connectivity index (χ1n) is 10.4. The number of hydrogen-bond donors (Lipinski definition) is 0. The highest BCUT2D eigenvalue weighted by atomic mass is 16.5. The van der Waals surface area contributed by atoms with Gasteiger partial charge in [-0.15, -0.1) is 0 Å².